The number of ether oxygens (including phenoxy) is 1. The van der Waals surface area contributed by atoms with E-state index in [1.807, 2.05) is 105 Å². The van der Waals surface area contributed by atoms with Gasteiger partial charge in [-0.3, -0.25) is 9.59 Å². The summed E-state index contributed by atoms with van der Waals surface area (Å²) in [6.07, 6.45) is 0.610. The molecule has 0 bridgehead atoms. The highest BCUT2D eigenvalue weighted by Gasteiger charge is 2.57. The number of hydrogen-bond acceptors (Lipinski definition) is 5. The molecule has 0 saturated carbocycles. The molecule has 2 unspecified atom stereocenters. The second-order valence-electron chi connectivity index (χ2n) is 10.5. The summed E-state index contributed by atoms with van der Waals surface area (Å²) in [5, 5.41) is 2.81. The molecule has 6 nitrogen and oxygen atoms in total. The topological polar surface area (TPSA) is 75.7 Å². The summed E-state index contributed by atoms with van der Waals surface area (Å²) in [5.41, 5.74) is 1.53. The van der Waals surface area contributed by atoms with Crippen LogP contribution in [0.25, 0.3) is 0 Å². The van der Waals surface area contributed by atoms with Gasteiger partial charge in [0.15, 0.2) is 5.60 Å². The van der Waals surface area contributed by atoms with Crippen LogP contribution < -0.4 is 5.32 Å². The number of esters is 1. The number of β-lactam (4-membered cyclic amide) rings is 1. The van der Waals surface area contributed by atoms with Crippen molar-refractivity contribution in [1.82, 2.24) is 10.2 Å². The van der Waals surface area contributed by atoms with Crippen molar-refractivity contribution < 1.29 is 19.1 Å². The second kappa shape index (κ2) is 11.7. The molecule has 0 spiro atoms. The lowest BCUT2D eigenvalue weighted by Crippen LogP contribution is -2.60. The Kier molecular flexibility index (Phi) is 8.12. The molecule has 206 valence electrons. The van der Waals surface area contributed by atoms with Crippen molar-refractivity contribution in [2.24, 2.45) is 11.8 Å². The molecule has 0 radical (unpaired) electrons. The van der Waals surface area contributed by atoms with E-state index in [1.54, 1.807) is 4.90 Å². The number of nitrogens with zero attached hydrogens (tertiary/aromatic N) is 1. The molecular formula is C33H34N2O4S. The first kappa shape index (κ1) is 27.7. The molecule has 40 heavy (non-hydrogen) atoms. The third kappa shape index (κ3) is 5.06. The van der Waals surface area contributed by atoms with Gasteiger partial charge >= 0.3 is 5.97 Å². The fourth-order valence-electron chi connectivity index (χ4n) is 5.84. The van der Waals surface area contributed by atoms with Crippen molar-refractivity contribution in [3.8, 4) is 0 Å². The van der Waals surface area contributed by atoms with Gasteiger partial charge < -0.3 is 15.0 Å². The maximum Gasteiger partial charge on any atom is 0.357 e. The van der Waals surface area contributed by atoms with Crippen molar-refractivity contribution in [3.63, 3.8) is 0 Å². The van der Waals surface area contributed by atoms with Gasteiger partial charge in [-0.1, -0.05) is 105 Å². The van der Waals surface area contributed by atoms with E-state index in [1.165, 1.54) is 18.7 Å². The molecular weight excluding hydrogens is 520 g/mol. The summed E-state index contributed by atoms with van der Waals surface area (Å²) in [6, 6.07) is 29.1. The largest absolute Gasteiger partial charge is 0.440 e. The predicted octanol–water partition coefficient (Wildman–Crippen LogP) is 5.49. The van der Waals surface area contributed by atoms with Crippen LogP contribution in [-0.4, -0.2) is 41.0 Å². The average Bonchev–Trinajstić information content (AvgIpc) is 3.29. The number of carbonyl (C=O) groups excluding carboxylic acids is 3. The number of thioether (sulfide) groups is 1. The molecule has 1 fully saturated rings. The fraction of sp³-hybridized carbons (Fsp3) is 0.303. The Bertz CT molecular complexity index is 1310. The SMILES string of the molecule is CC(=O)NCCSC1=C(C(=O)OC(c2ccccc2)(c2ccccc2)c2ccccc2)N2C(=O)C(C(C)C)C2C1. The molecule has 0 aromatic heterocycles. The minimum absolute atomic E-state index is 0.0332. The molecule has 2 aliphatic rings. The first-order valence-corrected chi connectivity index (χ1v) is 14.7. The number of benzene rings is 3. The highest BCUT2D eigenvalue weighted by atomic mass is 32.2. The van der Waals surface area contributed by atoms with Crippen molar-refractivity contribution in [3.05, 3.63) is 118 Å². The van der Waals surface area contributed by atoms with E-state index in [0.29, 0.717) is 24.4 Å². The van der Waals surface area contributed by atoms with E-state index in [2.05, 4.69) is 5.32 Å². The van der Waals surface area contributed by atoms with Gasteiger partial charge in [0, 0.05) is 47.2 Å². The number of amides is 2. The van der Waals surface area contributed by atoms with Gasteiger partial charge in [-0.15, -0.1) is 11.8 Å². The minimum atomic E-state index is -1.23. The van der Waals surface area contributed by atoms with Gasteiger partial charge in [0.05, 0.1) is 12.0 Å². The predicted molar refractivity (Wildman–Crippen MR) is 157 cm³/mol. The first-order valence-electron chi connectivity index (χ1n) is 13.7. The maximum atomic E-state index is 14.4. The van der Waals surface area contributed by atoms with Crippen LogP contribution in [0.1, 0.15) is 43.9 Å². The van der Waals surface area contributed by atoms with E-state index in [-0.39, 0.29) is 29.7 Å². The van der Waals surface area contributed by atoms with Crippen LogP contribution in [0.3, 0.4) is 0 Å². The monoisotopic (exact) mass is 554 g/mol. The molecule has 2 atom stereocenters. The van der Waals surface area contributed by atoms with E-state index < -0.39 is 11.6 Å². The third-order valence-electron chi connectivity index (χ3n) is 7.62. The Morgan fingerprint density at radius 2 is 1.43 bits per heavy atom. The molecule has 7 heteroatoms. The number of carbonyl (C=O) groups is 3. The van der Waals surface area contributed by atoms with Crippen molar-refractivity contribution in [2.75, 3.05) is 12.3 Å². The highest BCUT2D eigenvalue weighted by molar-refractivity contribution is 8.03. The minimum Gasteiger partial charge on any atom is -0.440 e. The zero-order valence-corrected chi connectivity index (χ0v) is 23.8. The smallest absolute Gasteiger partial charge is 0.357 e. The van der Waals surface area contributed by atoms with Crippen molar-refractivity contribution in [2.45, 2.75) is 38.8 Å². The number of nitrogens with one attached hydrogen (secondary N) is 1. The number of hydrogen-bond donors (Lipinski definition) is 1. The van der Waals surface area contributed by atoms with Crippen molar-refractivity contribution in [1.29, 1.82) is 0 Å². The normalized spacial score (nSPS) is 18.4. The van der Waals surface area contributed by atoms with E-state index in [0.717, 1.165) is 21.6 Å². The quantitative estimate of drug-likeness (QED) is 0.155. The third-order valence-corrected chi connectivity index (χ3v) is 8.74. The molecule has 2 aliphatic heterocycles. The summed E-state index contributed by atoms with van der Waals surface area (Å²) in [6.45, 7) is 6.05. The van der Waals surface area contributed by atoms with Gasteiger partial charge in [0.2, 0.25) is 11.8 Å². The van der Waals surface area contributed by atoms with Crippen LogP contribution in [0.15, 0.2) is 102 Å². The van der Waals surface area contributed by atoms with Crippen LogP contribution in [0, 0.1) is 11.8 Å². The van der Waals surface area contributed by atoms with Gasteiger partial charge in [-0.05, 0) is 5.92 Å². The summed E-state index contributed by atoms with van der Waals surface area (Å²) < 4.78 is 6.68. The van der Waals surface area contributed by atoms with Crippen LogP contribution in [0.4, 0.5) is 0 Å². The summed E-state index contributed by atoms with van der Waals surface area (Å²) >= 11 is 1.51. The van der Waals surface area contributed by atoms with Crippen molar-refractivity contribution >= 4 is 29.5 Å². The van der Waals surface area contributed by atoms with E-state index in [9.17, 15) is 14.4 Å². The summed E-state index contributed by atoms with van der Waals surface area (Å²) in [7, 11) is 0. The Morgan fingerprint density at radius 3 is 1.88 bits per heavy atom. The van der Waals surface area contributed by atoms with Gasteiger partial charge in [0.1, 0.15) is 5.70 Å². The van der Waals surface area contributed by atoms with Gasteiger partial charge in [-0.2, -0.15) is 0 Å². The lowest BCUT2D eigenvalue weighted by atomic mass is 9.79. The molecule has 2 amide bonds. The second-order valence-corrected chi connectivity index (χ2v) is 11.7. The maximum absolute atomic E-state index is 14.4. The van der Waals surface area contributed by atoms with E-state index >= 15 is 0 Å². The van der Waals surface area contributed by atoms with Crippen LogP contribution in [0.5, 0.6) is 0 Å². The molecule has 3 aromatic carbocycles. The Balaban J connectivity index is 1.59. The lowest BCUT2D eigenvalue weighted by Gasteiger charge is -2.46. The Labute approximate surface area is 239 Å². The average molecular weight is 555 g/mol. The Morgan fingerprint density at radius 1 is 0.925 bits per heavy atom. The molecule has 3 aromatic rings. The van der Waals surface area contributed by atoms with Crippen LogP contribution >= 0.6 is 11.8 Å². The zero-order chi connectivity index (χ0) is 28.3. The molecule has 1 N–H and O–H groups in total. The fourth-order valence-corrected chi connectivity index (χ4v) is 6.89. The van der Waals surface area contributed by atoms with Crippen LogP contribution in [-0.2, 0) is 24.7 Å². The summed E-state index contributed by atoms with van der Waals surface area (Å²) in [4.78, 5) is 41.6. The Hall–Kier alpha value is -3.84. The molecule has 2 heterocycles. The van der Waals surface area contributed by atoms with E-state index in [4.69, 9.17) is 4.74 Å². The lowest BCUT2D eigenvalue weighted by molar-refractivity contribution is -0.162. The standard InChI is InChI=1S/C33H34N2O4S/c1-22(2)29-27-21-28(40-20-19-34-23(3)36)30(35(27)31(29)37)32(38)39-33(24-13-7-4-8-14-24,25-15-9-5-10-16-25)26-17-11-6-12-18-26/h4-18,22,27,29H,19-21H2,1-3H3,(H,34,36). The first-order chi connectivity index (χ1) is 19.3. The molecule has 5 rings (SSSR count). The van der Waals surface area contributed by atoms with Gasteiger partial charge in [-0.25, -0.2) is 4.79 Å². The molecule has 0 aliphatic carbocycles. The zero-order valence-electron chi connectivity index (χ0n) is 23.0. The number of rotatable bonds is 10. The summed E-state index contributed by atoms with van der Waals surface area (Å²) in [5.74, 6) is -0.0256. The molecule has 1 saturated heterocycles. The van der Waals surface area contributed by atoms with Gasteiger partial charge in [0.25, 0.3) is 0 Å². The highest BCUT2D eigenvalue weighted by Crippen LogP contribution is 2.50. The number of fused-ring (bicyclic) bond motifs is 1. The van der Waals surface area contributed by atoms with Crippen LogP contribution in [0.2, 0.25) is 0 Å².